The first-order chi connectivity index (χ1) is 8.67. The number of hydrogen-bond acceptors (Lipinski definition) is 2. The zero-order valence-corrected chi connectivity index (χ0v) is 11.1. The van der Waals surface area contributed by atoms with Crippen LogP contribution in [0, 0.1) is 12.8 Å². The number of aliphatic hydroxyl groups is 1. The molecule has 98 valence electrons. The standard InChI is InChI=1S/C16H22O2/c1-12-2-3-14-4-7-16(17,15(14)10-12)11-13-5-8-18-9-6-13/h2-3,10,13,17H,4-9,11H2,1H3. The molecule has 1 saturated heterocycles. The van der Waals surface area contributed by atoms with E-state index in [1.807, 2.05) is 0 Å². The SMILES string of the molecule is Cc1ccc2c(c1)C(O)(CC1CCOCC1)CC2. The molecule has 0 amide bonds. The topological polar surface area (TPSA) is 29.5 Å². The van der Waals surface area contributed by atoms with Crippen LogP contribution in [0.3, 0.4) is 0 Å². The smallest absolute Gasteiger partial charge is 0.0905 e. The Labute approximate surface area is 109 Å². The molecule has 1 aliphatic carbocycles. The van der Waals surface area contributed by atoms with Crippen LogP contribution in [0.1, 0.15) is 42.4 Å². The number of fused-ring (bicyclic) bond motifs is 1. The first-order valence-electron chi connectivity index (χ1n) is 7.07. The predicted molar refractivity (Wildman–Crippen MR) is 71.6 cm³/mol. The Hall–Kier alpha value is -0.860. The van der Waals surface area contributed by atoms with Crippen LogP contribution >= 0.6 is 0 Å². The van der Waals surface area contributed by atoms with Crippen molar-refractivity contribution in [2.24, 2.45) is 5.92 Å². The second kappa shape index (κ2) is 4.67. The van der Waals surface area contributed by atoms with E-state index in [4.69, 9.17) is 4.74 Å². The Kier molecular flexibility index (Phi) is 3.16. The summed E-state index contributed by atoms with van der Waals surface area (Å²) in [5.74, 6) is 0.621. The van der Waals surface area contributed by atoms with Gasteiger partial charge >= 0.3 is 0 Å². The number of benzene rings is 1. The molecule has 1 aliphatic heterocycles. The first kappa shape index (κ1) is 12.2. The van der Waals surface area contributed by atoms with Crippen molar-refractivity contribution in [1.29, 1.82) is 0 Å². The number of aryl methyl sites for hydroxylation is 2. The van der Waals surface area contributed by atoms with Crippen molar-refractivity contribution in [2.45, 2.75) is 44.6 Å². The average Bonchev–Trinajstić information content (AvgIpc) is 2.68. The van der Waals surface area contributed by atoms with Crippen LogP contribution in [0.5, 0.6) is 0 Å². The Morgan fingerprint density at radius 3 is 2.89 bits per heavy atom. The molecule has 0 aromatic heterocycles. The summed E-state index contributed by atoms with van der Waals surface area (Å²) in [6.45, 7) is 3.83. The highest BCUT2D eigenvalue weighted by molar-refractivity contribution is 5.40. The van der Waals surface area contributed by atoms with Crippen molar-refractivity contribution in [3.63, 3.8) is 0 Å². The molecule has 18 heavy (non-hydrogen) atoms. The molecule has 2 heteroatoms. The first-order valence-corrected chi connectivity index (χ1v) is 7.07. The van der Waals surface area contributed by atoms with E-state index in [1.165, 1.54) is 16.7 Å². The molecule has 1 aromatic carbocycles. The van der Waals surface area contributed by atoms with E-state index < -0.39 is 5.60 Å². The molecule has 0 spiro atoms. The minimum atomic E-state index is -0.580. The molecule has 2 nitrogen and oxygen atoms in total. The van der Waals surface area contributed by atoms with Crippen molar-refractivity contribution in [2.75, 3.05) is 13.2 Å². The van der Waals surface area contributed by atoms with Gasteiger partial charge in [0.15, 0.2) is 0 Å². The quantitative estimate of drug-likeness (QED) is 0.869. The van der Waals surface area contributed by atoms with Gasteiger partial charge < -0.3 is 9.84 Å². The molecule has 1 aromatic rings. The Morgan fingerprint density at radius 2 is 2.11 bits per heavy atom. The van der Waals surface area contributed by atoms with Crippen molar-refractivity contribution >= 4 is 0 Å². The van der Waals surface area contributed by atoms with Gasteiger partial charge in [0, 0.05) is 13.2 Å². The lowest BCUT2D eigenvalue weighted by atomic mass is 9.82. The molecule has 0 radical (unpaired) electrons. The molecular weight excluding hydrogens is 224 g/mol. The van der Waals surface area contributed by atoms with E-state index in [-0.39, 0.29) is 0 Å². The maximum atomic E-state index is 11.0. The monoisotopic (exact) mass is 246 g/mol. The lowest BCUT2D eigenvalue weighted by molar-refractivity contribution is -0.0144. The zero-order valence-electron chi connectivity index (χ0n) is 11.1. The molecule has 0 bridgehead atoms. The van der Waals surface area contributed by atoms with Gasteiger partial charge in [0.2, 0.25) is 0 Å². The third kappa shape index (κ3) is 2.19. The third-order valence-corrected chi connectivity index (χ3v) is 4.54. The van der Waals surface area contributed by atoms with Crippen LogP contribution < -0.4 is 0 Å². The average molecular weight is 246 g/mol. The summed E-state index contributed by atoms with van der Waals surface area (Å²) in [7, 11) is 0. The highest BCUT2D eigenvalue weighted by Gasteiger charge is 2.38. The molecule has 1 atom stereocenters. The van der Waals surface area contributed by atoms with Gasteiger partial charge in [-0.2, -0.15) is 0 Å². The van der Waals surface area contributed by atoms with E-state index in [2.05, 4.69) is 25.1 Å². The number of ether oxygens (including phenoxy) is 1. The van der Waals surface area contributed by atoms with Crippen LogP contribution in [-0.4, -0.2) is 18.3 Å². The fourth-order valence-corrected chi connectivity index (χ4v) is 3.46. The van der Waals surface area contributed by atoms with E-state index in [1.54, 1.807) is 0 Å². The lowest BCUT2D eigenvalue weighted by Gasteiger charge is -2.31. The molecule has 2 aliphatic rings. The molecule has 1 unspecified atom stereocenters. The Bertz CT molecular complexity index is 435. The fourth-order valence-electron chi connectivity index (χ4n) is 3.46. The highest BCUT2D eigenvalue weighted by Crippen LogP contribution is 2.43. The maximum absolute atomic E-state index is 11.0. The molecular formula is C16H22O2. The van der Waals surface area contributed by atoms with Crippen LogP contribution in [-0.2, 0) is 16.8 Å². The van der Waals surface area contributed by atoms with Gasteiger partial charge in [0.05, 0.1) is 5.60 Å². The summed E-state index contributed by atoms with van der Waals surface area (Å²) in [6.07, 6.45) is 5.03. The minimum Gasteiger partial charge on any atom is -0.385 e. The van der Waals surface area contributed by atoms with Gasteiger partial charge in [0.1, 0.15) is 0 Å². The Balaban J connectivity index is 1.81. The molecule has 1 N–H and O–H groups in total. The summed E-state index contributed by atoms with van der Waals surface area (Å²) >= 11 is 0. The lowest BCUT2D eigenvalue weighted by Crippen LogP contribution is -2.29. The van der Waals surface area contributed by atoms with Crippen molar-refractivity contribution in [3.8, 4) is 0 Å². The Morgan fingerprint density at radius 1 is 1.33 bits per heavy atom. The van der Waals surface area contributed by atoms with Gasteiger partial charge in [-0.25, -0.2) is 0 Å². The van der Waals surface area contributed by atoms with E-state index in [9.17, 15) is 5.11 Å². The maximum Gasteiger partial charge on any atom is 0.0905 e. The van der Waals surface area contributed by atoms with Crippen molar-refractivity contribution in [3.05, 3.63) is 34.9 Å². The number of rotatable bonds is 2. The summed E-state index contributed by atoms with van der Waals surface area (Å²) in [5, 5.41) is 11.0. The van der Waals surface area contributed by atoms with Gasteiger partial charge in [-0.1, -0.05) is 23.8 Å². The zero-order chi connectivity index (χ0) is 12.6. The van der Waals surface area contributed by atoms with Gasteiger partial charge in [-0.05, 0) is 56.1 Å². The molecule has 3 rings (SSSR count). The molecule has 1 heterocycles. The number of hydrogen-bond donors (Lipinski definition) is 1. The second-order valence-electron chi connectivity index (χ2n) is 5.95. The highest BCUT2D eigenvalue weighted by atomic mass is 16.5. The van der Waals surface area contributed by atoms with Crippen LogP contribution in [0.2, 0.25) is 0 Å². The van der Waals surface area contributed by atoms with Gasteiger partial charge in [0.25, 0.3) is 0 Å². The predicted octanol–water partition coefficient (Wildman–Crippen LogP) is 2.95. The molecule has 1 fully saturated rings. The minimum absolute atomic E-state index is 0.580. The summed E-state index contributed by atoms with van der Waals surface area (Å²) in [6, 6.07) is 6.52. The second-order valence-corrected chi connectivity index (χ2v) is 5.95. The van der Waals surface area contributed by atoms with Crippen LogP contribution in [0.25, 0.3) is 0 Å². The van der Waals surface area contributed by atoms with Crippen LogP contribution in [0.4, 0.5) is 0 Å². The normalized spacial score (nSPS) is 28.3. The van der Waals surface area contributed by atoms with Crippen molar-refractivity contribution < 1.29 is 9.84 Å². The third-order valence-electron chi connectivity index (χ3n) is 4.54. The molecule has 0 saturated carbocycles. The fraction of sp³-hybridized carbons (Fsp3) is 0.625. The summed E-state index contributed by atoms with van der Waals surface area (Å²) < 4.78 is 5.40. The van der Waals surface area contributed by atoms with E-state index >= 15 is 0 Å². The summed E-state index contributed by atoms with van der Waals surface area (Å²) in [4.78, 5) is 0. The van der Waals surface area contributed by atoms with Gasteiger partial charge in [-0.3, -0.25) is 0 Å². The largest absolute Gasteiger partial charge is 0.385 e. The summed E-state index contributed by atoms with van der Waals surface area (Å²) in [5.41, 5.74) is 3.20. The van der Waals surface area contributed by atoms with E-state index in [0.29, 0.717) is 5.92 Å². The van der Waals surface area contributed by atoms with Crippen molar-refractivity contribution in [1.82, 2.24) is 0 Å². The van der Waals surface area contributed by atoms with E-state index in [0.717, 1.165) is 45.3 Å². The van der Waals surface area contributed by atoms with Gasteiger partial charge in [-0.15, -0.1) is 0 Å². The van der Waals surface area contributed by atoms with Crippen LogP contribution in [0.15, 0.2) is 18.2 Å².